The van der Waals surface area contributed by atoms with Gasteiger partial charge >= 0.3 is 0 Å². The van der Waals surface area contributed by atoms with Gasteiger partial charge in [0, 0.05) is 6.04 Å². The molecule has 0 saturated carbocycles. The number of rotatable bonds is 2. The molecule has 0 radical (unpaired) electrons. The predicted octanol–water partition coefficient (Wildman–Crippen LogP) is 4.99. The molecule has 1 unspecified atom stereocenters. The average molecular weight is 312 g/mol. The van der Waals surface area contributed by atoms with Crippen molar-refractivity contribution < 1.29 is 4.39 Å². The maximum atomic E-state index is 13.1. The molecule has 0 aromatic heterocycles. The molecule has 1 heterocycles. The lowest BCUT2D eigenvalue weighted by atomic mass is 10.00. The van der Waals surface area contributed by atoms with E-state index in [9.17, 15) is 4.39 Å². The zero-order chi connectivity index (χ0) is 13.2. The largest absolute Gasteiger partial charge is 0.310 e. The normalized spacial score (nSPS) is 17.8. The van der Waals surface area contributed by atoms with Crippen molar-refractivity contribution in [2.24, 2.45) is 0 Å². The second kappa shape index (κ2) is 6.57. The van der Waals surface area contributed by atoms with Crippen molar-refractivity contribution in [1.82, 2.24) is 5.32 Å². The number of benzene rings is 2. The predicted molar refractivity (Wildman–Crippen MR) is 84.1 cm³/mol. The van der Waals surface area contributed by atoms with E-state index in [1.165, 1.54) is 24.5 Å². The minimum Gasteiger partial charge on any atom is -0.310 e. The molecule has 20 heavy (non-hydrogen) atoms. The molecule has 1 fully saturated rings. The van der Waals surface area contributed by atoms with Gasteiger partial charge in [0.2, 0.25) is 0 Å². The standard InChI is InChI=1S/C16H15ClFN.ClH/c17-14-10-13(7-8-15(14)18)11-3-5-12(6-4-11)16-2-1-9-19-16;/h3-8,10,16,19H,1-2,9H2;1H. The van der Waals surface area contributed by atoms with Gasteiger partial charge in [-0.25, -0.2) is 4.39 Å². The van der Waals surface area contributed by atoms with Crippen LogP contribution in [0.5, 0.6) is 0 Å². The van der Waals surface area contributed by atoms with Crippen LogP contribution in [0.2, 0.25) is 5.02 Å². The molecule has 106 valence electrons. The summed E-state index contributed by atoms with van der Waals surface area (Å²) in [7, 11) is 0. The molecular weight excluding hydrogens is 296 g/mol. The van der Waals surface area contributed by atoms with Crippen LogP contribution >= 0.6 is 24.0 Å². The summed E-state index contributed by atoms with van der Waals surface area (Å²) in [6.45, 7) is 1.10. The molecule has 2 aromatic rings. The van der Waals surface area contributed by atoms with Crippen LogP contribution in [0.15, 0.2) is 42.5 Å². The van der Waals surface area contributed by atoms with E-state index in [0.29, 0.717) is 6.04 Å². The second-order valence-corrected chi connectivity index (χ2v) is 5.31. The fourth-order valence-electron chi connectivity index (χ4n) is 2.55. The lowest BCUT2D eigenvalue weighted by Gasteiger charge is -2.11. The molecule has 3 rings (SSSR count). The average Bonchev–Trinajstić information content (AvgIpc) is 2.96. The van der Waals surface area contributed by atoms with Gasteiger partial charge in [-0.15, -0.1) is 12.4 Å². The molecule has 0 aliphatic carbocycles. The number of hydrogen-bond acceptors (Lipinski definition) is 1. The van der Waals surface area contributed by atoms with Gasteiger partial charge in [0.1, 0.15) is 5.82 Å². The van der Waals surface area contributed by atoms with E-state index in [-0.39, 0.29) is 23.2 Å². The first-order valence-electron chi connectivity index (χ1n) is 6.53. The van der Waals surface area contributed by atoms with Crippen LogP contribution in [0.25, 0.3) is 11.1 Å². The van der Waals surface area contributed by atoms with Crippen LogP contribution in [0.3, 0.4) is 0 Å². The molecule has 0 bridgehead atoms. The first kappa shape index (κ1) is 15.3. The summed E-state index contributed by atoms with van der Waals surface area (Å²) in [4.78, 5) is 0. The summed E-state index contributed by atoms with van der Waals surface area (Å²) in [6, 6.07) is 13.7. The van der Waals surface area contributed by atoms with E-state index >= 15 is 0 Å². The monoisotopic (exact) mass is 311 g/mol. The number of halogens is 3. The molecule has 1 aliphatic rings. The Labute approximate surface area is 129 Å². The first-order valence-corrected chi connectivity index (χ1v) is 6.90. The van der Waals surface area contributed by atoms with Crippen LogP contribution in [0, 0.1) is 5.82 Å². The van der Waals surface area contributed by atoms with Gasteiger partial charge in [-0.05, 0) is 48.2 Å². The van der Waals surface area contributed by atoms with E-state index in [2.05, 4.69) is 29.6 Å². The van der Waals surface area contributed by atoms with Crippen molar-refractivity contribution in [3.05, 3.63) is 58.9 Å². The van der Waals surface area contributed by atoms with Gasteiger partial charge in [0.05, 0.1) is 5.02 Å². The van der Waals surface area contributed by atoms with Crippen molar-refractivity contribution in [3.63, 3.8) is 0 Å². The molecule has 1 aliphatic heterocycles. The zero-order valence-corrected chi connectivity index (χ0v) is 12.5. The Kier molecular flexibility index (Phi) is 5.03. The molecule has 1 saturated heterocycles. The Hall–Kier alpha value is -1.09. The number of nitrogens with one attached hydrogen (secondary N) is 1. The molecule has 1 atom stereocenters. The summed E-state index contributed by atoms with van der Waals surface area (Å²) in [6.07, 6.45) is 2.43. The minimum absolute atomic E-state index is 0. The van der Waals surface area contributed by atoms with Gasteiger partial charge < -0.3 is 5.32 Å². The summed E-state index contributed by atoms with van der Waals surface area (Å²) in [5, 5.41) is 3.64. The Morgan fingerprint density at radius 3 is 2.35 bits per heavy atom. The summed E-state index contributed by atoms with van der Waals surface area (Å²) < 4.78 is 13.1. The van der Waals surface area contributed by atoms with Crippen molar-refractivity contribution >= 4 is 24.0 Å². The van der Waals surface area contributed by atoms with Crippen LogP contribution in [-0.2, 0) is 0 Å². The zero-order valence-electron chi connectivity index (χ0n) is 10.9. The third-order valence-electron chi connectivity index (χ3n) is 3.63. The quantitative estimate of drug-likeness (QED) is 0.823. The highest BCUT2D eigenvalue weighted by atomic mass is 35.5. The van der Waals surface area contributed by atoms with E-state index in [1.807, 2.05) is 0 Å². The maximum Gasteiger partial charge on any atom is 0.141 e. The van der Waals surface area contributed by atoms with Crippen molar-refractivity contribution in [2.75, 3.05) is 6.54 Å². The molecule has 0 spiro atoms. The molecule has 1 N–H and O–H groups in total. The topological polar surface area (TPSA) is 12.0 Å². The maximum absolute atomic E-state index is 13.1. The van der Waals surface area contributed by atoms with Crippen molar-refractivity contribution in [1.29, 1.82) is 0 Å². The SMILES string of the molecule is Cl.Fc1ccc(-c2ccc(C3CCCN3)cc2)cc1Cl. The lowest BCUT2D eigenvalue weighted by Crippen LogP contribution is -2.12. The fourth-order valence-corrected chi connectivity index (χ4v) is 2.73. The molecular formula is C16H16Cl2FN. The first-order chi connectivity index (χ1) is 9.24. The van der Waals surface area contributed by atoms with E-state index in [1.54, 1.807) is 12.1 Å². The van der Waals surface area contributed by atoms with Gasteiger partial charge in [0.15, 0.2) is 0 Å². The summed E-state index contributed by atoms with van der Waals surface area (Å²) in [5.74, 6) is -0.378. The van der Waals surface area contributed by atoms with Crippen LogP contribution in [-0.4, -0.2) is 6.54 Å². The molecule has 4 heteroatoms. The smallest absolute Gasteiger partial charge is 0.141 e. The van der Waals surface area contributed by atoms with Crippen molar-refractivity contribution in [3.8, 4) is 11.1 Å². The molecule has 0 amide bonds. The number of hydrogen-bond donors (Lipinski definition) is 1. The van der Waals surface area contributed by atoms with Crippen LogP contribution in [0.1, 0.15) is 24.4 Å². The Morgan fingerprint density at radius 2 is 1.75 bits per heavy atom. The highest BCUT2D eigenvalue weighted by Crippen LogP contribution is 2.28. The van der Waals surface area contributed by atoms with E-state index in [0.717, 1.165) is 17.7 Å². The fraction of sp³-hybridized carbons (Fsp3) is 0.250. The summed E-state index contributed by atoms with van der Waals surface area (Å²) >= 11 is 5.81. The third kappa shape index (κ3) is 3.14. The lowest BCUT2D eigenvalue weighted by molar-refractivity contribution is 0.628. The highest BCUT2D eigenvalue weighted by molar-refractivity contribution is 6.31. The molecule has 2 aromatic carbocycles. The Balaban J connectivity index is 0.00000147. The van der Waals surface area contributed by atoms with Gasteiger partial charge in [-0.1, -0.05) is 41.9 Å². The van der Waals surface area contributed by atoms with E-state index < -0.39 is 0 Å². The third-order valence-corrected chi connectivity index (χ3v) is 3.92. The van der Waals surface area contributed by atoms with Gasteiger partial charge in [0.25, 0.3) is 0 Å². The Bertz CT molecular complexity index is 578. The summed E-state index contributed by atoms with van der Waals surface area (Å²) in [5.41, 5.74) is 3.32. The van der Waals surface area contributed by atoms with Crippen LogP contribution in [0.4, 0.5) is 4.39 Å². The molecule has 1 nitrogen and oxygen atoms in total. The van der Waals surface area contributed by atoms with Gasteiger partial charge in [-0.3, -0.25) is 0 Å². The Morgan fingerprint density at radius 1 is 1.05 bits per heavy atom. The highest BCUT2D eigenvalue weighted by Gasteiger charge is 2.15. The minimum atomic E-state index is -0.378. The second-order valence-electron chi connectivity index (χ2n) is 4.90. The van der Waals surface area contributed by atoms with Crippen LogP contribution < -0.4 is 5.32 Å². The van der Waals surface area contributed by atoms with E-state index in [4.69, 9.17) is 11.6 Å². The van der Waals surface area contributed by atoms with Gasteiger partial charge in [-0.2, -0.15) is 0 Å². The van der Waals surface area contributed by atoms with Crippen molar-refractivity contribution in [2.45, 2.75) is 18.9 Å².